The van der Waals surface area contributed by atoms with Crippen molar-refractivity contribution in [2.75, 3.05) is 33.0 Å². The number of carbonyl (C=O) groups is 2. The molecule has 0 spiro atoms. The van der Waals surface area contributed by atoms with Crippen LogP contribution in [0.25, 0.3) is 0 Å². The molecule has 7 nitrogen and oxygen atoms in total. The van der Waals surface area contributed by atoms with Gasteiger partial charge in [-0.2, -0.15) is 0 Å². The van der Waals surface area contributed by atoms with Crippen molar-refractivity contribution in [2.45, 2.75) is 25.0 Å². The summed E-state index contributed by atoms with van der Waals surface area (Å²) in [5, 5.41) is 9.22. The van der Waals surface area contributed by atoms with Crippen LogP contribution in [0.2, 0.25) is 0 Å². The molecule has 130 valence electrons. The summed E-state index contributed by atoms with van der Waals surface area (Å²) in [6.07, 6.45) is 2.20. The van der Waals surface area contributed by atoms with Crippen LogP contribution >= 0.6 is 0 Å². The average Bonchev–Trinajstić information content (AvgIpc) is 3.13. The molecule has 7 heteroatoms. The van der Waals surface area contributed by atoms with E-state index in [1.54, 1.807) is 24.3 Å². The maximum atomic E-state index is 12.5. The van der Waals surface area contributed by atoms with Gasteiger partial charge in [-0.25, -0.2) is 4.79 Å². The molecule has 2 unspecified atom stereocenters. The predicted molar refractivity (Wildman–Crippen MR) is 84.2 cm³/mol. The molecule has 1 aromatic carbocycles. The Morgan fingerprint density at radius 1 is 1.25 bits per heavy atom. The summed E-state index contributed by atoms with van der Waals surface area (Å²) in [5.41, 5.74) is 0.438. The van der Waals surface area contributed by atoms with Gasteiger partial charge in [0.2, 0.25) is 0 Å². The minimum absolute atomic E-state index is 0.0175. The number of nitrogens with zero attached hydrogens (tertiary/aromatic N) is 1. The van der Waals surface area contributed by atoms with Gasteiger partial charge in [-0.3, -0.25) is 4.79 Å². The first-order chi connectivity index (χ1) is 11.6. The fourth-order valence-corrected chi connectivity index (χ4v) is 2.88. The molecule has 24 heavy (non-hydrogen) atoms. The second-order valence-electron chi connectivity index (χ2n) is 5.90. The van der Waals surface area contributed by atoms with Crippen LogP contribution in [0, 0.1) is 0 Å². The first-order valence-corrected chi connectivity index (χ1v) is 8.11. The SMILES string of the molecule is O=C(O)C1COCCN1C(=O)c1ccc(OCC2CCCO2)cc1. The fraction of sp³-hybridized carbons (Fsp3) is 0.529. The molecule has 0 aromatic heterocycles. The number of aliphatic carboxylic acids is 1. The molecule has 0 bridgehead atoms. The summed E-state index contributed by atoms with van der Waals surface area (Å²) in [6.45, 7) is 1.92. The van der Waals surface area contributed by atoms with Crippen molar-refractivity contribution in [2.24, 2.45) is 0 Å². The zero-order valence-corrected chi connectivity index (χ0v) is 13.3. The third kappa shape index (κ3) is 3.85. The largest absolute Gasteiger partial charge is 0.491 e. The maximum Gasteiger partial charge on any atom is 0.328 e. The minimum atomic E-state index is -1.06. The van der Waals surface area contributed by atoms with Crippen LogP contribution in [0.5, 0.6) is 5.75 Å². The number of carboxylic acid groups (broad SMARTS) is 1. The monoisotopic (exact) mass is 335 g/mol. The van der Waals surface area contributed by atoms with Gasteiger partial charge in [0, 0.05) is 18.7 Å². The molecule has 2 aliphatic rings. The van der Waals surface area contributed by atoms with Crippen molar-refractivity contribution < 1.29 is 28.9 Å². The number of morpholine rings is 1. The van der Waals surface area contributed by atoms with Gasteiger partial charge in [-0.05, 0) is 37.1 Å². The van der Waals surface area contributed by atoms with E-state index in [0.29, 0.717) is 24.5 Å². The lowest BCUT2D eigenvalue weighted by Gasteiger charge is -2.32. The van der Waals surface area contributed by atoms with Crippen LogP contribution in [0.1, 0.15) is 23.2 Å². The highest BCUT2D eigenvalue weighted by Crippen LogP contribution is 2.19. The van der Waals surface area contributed by atoms with Gasteiger partial charge in [0.05, 0.1) is 19.3 Å². The number of rotatable bonds is 5. The van der Waals surface area contributed by atoms with Gasteiger partial charge < -0.3 is 24.2 Å². The molecule has 2 aliphatic heterocycles. The molecule has 2 atom stereocenters. The average molecular weight is 335 g/mol. The molecular weight excluding hydrogens is 314 g/mol. The Hall–Kier alpha value is -2.12. The van der Waals surface area contributed by atoms with E-state index in [9.17, 15) is 14.7 Å². The van der Waals surface area contributed by atoms with Gasteiger partial charge in [0.25, 0.3) is 5.91 Å². The van der Waals surface area contributed by atoms with Gasteiger partial charge >= 0.3 is 5.97 Å². The molecule has 2 heterocycles. The third-order valence-electron chi connectivity index (χ3n) is 4.24. The van der Waals surface area contributed by atoms with Crippen LogP contribution in [0.4, 0.5) is 0 Å². The summed E-state index contributed by atoms with van der Waals surface area (Å²) < 4.78 is 16.3. The highest BCUT2D eigenvalue weighted by molar-refractivity contribution is 5.96. The van der Waals surface area contributed by atoms with E-state index in [4.69, 9.17) is 14.2 Å². The standard InChI is InChI=1S/C17H21NO6/c19-16(18-7-9-22-11-15(18)17(20)21)12-3-5-13(6-4-12)24-10-14-2-1-8-23-14/h3-6,14-15H,1-2,7-11H2,(H,20,21). The molecule has 0 radical (unpaired) electrons. The Labute approximate surface area is 140 Å². The summed E-state index contributed by atoms with van der Waals surface area (Å²) in [4.78, 5) is 25.1. The first-order valence-electron chi connectivity index (χ1n) is 8.11. The zero-order chi connectivity index (χ0) is 16.9. The van der Waals surface area contributed by atoms with E-state index in [0.717, 1.165) is 19.4 Å². The van der Waals surface area contributed by atoms with Crippen molar-refractivity contribution in [1.82, 2.24) is 4.90 Å². The maximum absolute atomic E-state index is 12.5. The Balaban J connectivity index is 1.61. The summed E-state index contributed by atoms with van der Waals surface area (Å²) >= 11 is 0. The smallest absolute Gasteiger partial charge is 0.328 e. The molecule has 1 aromatic rings. The van der Waals surface area contributed by atoms with Gasteiger partial charge in [-0.1, -0.05) is 0 Å². The lowest BCUT2D eigenvalue weighted by Crippen LogP contribution is -2.52. The third-order valence-corrected chi connectivity index (χ3v) is 4.24. The van der Waals surface area contributed by atoms with E-state index in [2.05, 4.69) is 0 Å². The van der Waals surface area contributed by atoms with Crippen LogP contribution < -0.4 is 4.74 Å². The molecule has 0 saturated carbocycles. The van der Waals surface area contributed by atoms with Gasteiger partial charge in [0.1, 0.15) is 12.4 Å². The first kappa shape index (κ1) is 16.7. The second kappa shape index (κ2) is 7.63. The van der Waals surface area contributed by atoms with Crippen LogP contribution in [-0.2, 0) is 14.3 Å². The van der Waals surface area contributed by atoms with E-state index >= 15 is 0 Å². The fourth-order valence-electron chi connectivity index (χ4n) is 2.88. The van der Waals surface area contributed by atoms with Crippen LogP contribution in [-0.4, -0.2) is 67.0 Å². The number of hydrogen-bond acceptors (Lipinski definition) is 5. The van der Waals surface area contributed by atoms with Crippen molar-refractivity contribution in [1.29, 1.82) is 0 Å². The van der Waals surface area contributed by atoms with Crippen molar-refractivity contribution in [3.05, 3.63) is 29.8 Å². The van der Waals surface area contributed by atoms with Crippen molar-refractivity contribution >= 4 is 11.9 Å². The molecule has 1 amide bonds. The van der Waals surface area contributed by atoms with Crippen LogP contribution in [0.15, 0.2) is 24.3 Å². The molecule has 0 aliphatic carbocycles. The molecule has 2 fully saturated rings. The van der Waals surface area contributed by atoms with E-state index in [1.165, 1.54) is 4.90 Å². The highest BCUT2D eigenvalue weighted by atomic mass is 16.5. The number of amides is 1. The van der Waals surface area contributed by atoms with Gasteiger partial charge in [-0.15, -0.1) is 0 Å². The van der Waals surface area contributed by atoms with Crippen LogP contribution in [0.3, 0.4) is 0 Å². The summed E-state index contributed by atoms with van der Waals surface area (Å²) in [5.74, 6) is -0.699. The molecular formula is C17H21NO6. The van der Waals surface area contributed by atoms with Crippen molar-refractivity contribution in [3.8, 4) is 5.75 Å². The number of benzene rings is 1. The highest BCUT2D eigenvalue weighted by Gasteiger charge is 2.33. The molecule has 3 rings (SSSR count). The Bertz CT molecular complexity index is 581. The van der Waals surface area contributed by atoms with Gasteiger partial charge in [0.15, 0.2) is 6.04 Å². The zero-order valence-electron chi connectivity index (χ0n) is 13.3. The summed E-state index contributed by atoms with van der Waals surface area (Å²) in [7, 11) is 0. The van der Waals surface area contributed by atoms with E-state index in [-0.39, 0.29) is 25.2 Å². The number of carbonyl (C=O) groups excluding carboxylic acids is 1. The lowest BCUT2D eigenvalue weighted by atomic mass is 10.1. The van der Waals surface area contributed by atoms with E-state index in [1.807, 2.05) is 0 Å². The Kier molecular flexibility index (Phi) is 5.32. The number of carboxylic acids is 1. The second-order valence-corrected chi connectivity index (χ2v) is 5.90. The quantitative estimate of drug-likeness (QED) is 0.869. The predicted octanol–water partition coefficient (Wildman–Crippen LogP) is 1.17. The normalized spacial score (nSPS) is 23.9. The Morgan fingerprint density at radius 3 is 2.71 bits per heavy atom. The minimum Gasteiger partial charge on any atom is -0.491 e. The lowest BCUT2D eigenvalue weighted by molar-refractivity contribution is -0.147. The van der Waals surface area contributed by atoms with E-state index < -0.39 is 12.0 Å². The number of hydrogen-bond donors (Lipinski definition) is 1. The van der Waals surface area contributed by atoms with Crippen molar-refractivity contribution in [3.63, 3.8) is 0 Å². The Morgan fingerprint density at radius 2 is 2.04 bits per heavy atom. The molecule has 1 N–H and O–H groups in total. The summed E-state index contributed by atoms with van der Waals surface area (Å²) in [6, 6.07) is 5.81. The molecule has 2 saturated heterocycles. The number of ether oxygens (including phenoxy) is 3. The topological polar surface area (TPSA) is 85.3 Å².